The van der Waals surface area contributed by atoms with Crippen molar-refractivity contribution in [3.63, 3.8) is 0 Å². The maximum atomic E-state index is 8.78. The number of hydrogen-bond donors (Lipinski definition) is 1. The van der Waals surface area contributed by atoms with Gasteiger partial charge < -0.3 is 9.73 Å². The Labute approximate surface area is 84.7 Å². The zero-order chi connectivity index (χ0) is 10.4. The van der Waals surface area contributed by atoms with Gasteiger partial charge in [0, 0.05) is 0 Å². The van der Waals surface area contributed by atoms with E-state index in [4.69, 9.17) is 9.68 Å². The molecule has 1 aromatic heterocycles. The van der Waals surface area contributed by atoms with E-state index < -0.39 is 0 Å². The molecule has 0 fully saturated rings. The summed E-state index contributed by atoms with van der Waals surface area (Å²) in [5.74, 6) is 0.930. The van der Waals surface area contributed by atoms with Gasteiger partial charge in [0.2, 0.25) is 0 Å². The first-order valence-corrected chi connectivity index (χ1v) is 4.78. The topological polar surface area (TPSA) is 49.0 Å². The lowest BCUT2D eigenvalue weighted by Gasteiger charge is -2.14. The summed E-state index contributed by atoms with van der Waals surface area (Å²) >= 11 is 0. The first-order valence-electron chi connectivity index (χ1n) is 4.78. The highest BCUT2D eigenvalue weighted by atomic mass is 16.3. The number of furan rings is 1. The molecule has 0 atom stereocenters. The lowest BCUT2D eigenvalue weighted by Crippen LogP contribution is -2.20. The molecule has 1 heterocycles. The van der Waals surface area contributed by atoms with E-state index in [1.165, 1.54) is 0 Å². The van der Waals surface area contributed by atoms with Crippen molar-refractivity contribution in [1.29, 1.82) is 5.26 Å². The number of rotatable bonds is 5. The van der Waals surface area contributed by atoms with Crippen molar-refractivity contribution < 1.29 is 4.42 Å². The molecule has 1 rings (SSSR count). The summed E-state index contributed by atoms with van der Waals surface area (Å²) in [6.45, 7) is 5.46. The van der Waals surface area contributed by atoms with Gasteiger partial charge in [0.05, 0.1) is 24.3 Å². The van der Waals surface area contributed by atoms with Crippen molar-refractivity contribution in [2.45, 2.75) is 26.8 Å². The van der Waals surface area contributed by atoms with Gasteiger partial charge in [-0.1, -0.05) is 0 Å². The van der Waals surface area contributed by atoms with E-state index in [0.29, 0.717) is 0 Å². The van der Waals surface area contributed by atoms with Crippen LogP contribution in [0.25, 0.3) is 0 Å². The molecule has 76 valence electrons. The van der Waals surface area contributed by atoms with Gasteiger partial charge in [-0.05, 0) is 38.9 Å². The Bertz CT molecular complexity index is 296. The molecule has 0 aliphatic rings. The van der Waals surface area contributed by atoms with Gasteiger partial charge in [-0.2, -0.15) is 5.26 Å². The normalized spacial score (nSPS) is 11.2. The van der Waals surface area contributed by atoms with E-state index in [-0.39, 0.29) is 5.41 Å². The molecule has 0 saturated carbocycles. The molecule has 3 heteroatoms. The summed E-state index contributed by atoms with van der Waals surface area (Å²) < 4.78 is 5.16. The Morgan fingerprint density at radius 2 is 2.36 bits per heavy atom. The fraction of sp³-hybridized carbons (Fsp3) is 0.545. The number of nitrogens with one attached hydrogen (secondary N) is 1. The largest absolute Gasteiger partial charge is 0.468 e. The average molecular weight is 192 g/mol. The van der Waals surface area contributed by atoms with Crippen LogP contribution in [0.5, 0.6) is 0 Å². The van der Waals surface area contributed by atoms with Gasteiger partial charge in [0.25, 0.3) is 0 Å². The highest BCUT2D eigenvalue weighted by Crippen LogP contribution is 2.17. The third-order valence-electron chi connectivity index (χ3n) is 2.11. The van der Waals surface area contributed by atoms with Crippen LogP contribution < -0.4 is 5.32 Å². The molecular formula is C11H16N2O. The monoisotopic (exact) mass is 192 g/mol. The summed E-state index contributed by atoms with van der Waals surface area (Å²) in [6.07, 6.45) is 2.51. The molecular weight excluding hydrogens is 176 g/mol. The van der Waals surface area contributed by atoms with Crippen LogP contribution in [0, 0.1) is 16.7 Å². The van der Waals surface area contributed by atoms with E-state index in [0.717, 1.165) is 25.3 Å². The van der Waals surface area contributed by atoms with Crippen LogP contribution in [0.3, 0.4) is 0 Å². The van der Waals surface area contributed by atoms with Crippen LogP contribution in [-0.4, -0.2) is 6.54 Å². The van der Waals surface area contributed by atoms with Crippen molar-refractivity contribution in [2.24, 2.45) is 5.41 Å². The van der Waals surface area contributed by atoms with Crippen molar-refractivity contribution in [3.8, 4) is 6.07 Å². The fourth-order valence-corrected chi connectivity index (χ4v) is 1.08. The first-order chi connectivity index (χ1) is 6.64. The fourth-order valence-electron chi connectivity index (χ4n) is 1.08. The summed E-state index contributed by atoms with van der Waals surface area (Å²) in [4.78, 5) is 0. The summed E-state index contributed by atoms with van der Waals surface area (Å²) in [7, 11) is 0. The smallest absolute Gasteiger partial charge is 0.117 e. The van der Waals surface area contributed by atoms with Gasteiger partial charge in [-0.15, -0.1) is 0 Å². The third-order valence-corrected chi connectivity index (χ3v) is 2.11. The number of hydrogen-bond acceptors (Lipinski definition) is 3. The van der Waals surface area contributed by atoms with Crippen LogP contribution in [0.4, 0.5) is 0 Å². The van der Waals surface area contributed by atoms with E-state index >= 15 is 0 Å². The molecule has 0 aliphatic heterocycles. The molecule has 0 bridgehead atoms. The second-order valence-electron chi connectivity index (χ2n) is 4.00. The first kappa shape index (κ1) is 10.8. The zero-order valence-electron chi connectivity index (χ0n) is 8.71. The second kappa shape index (κ2) is 4.83. The molecule has 14 heavy (non-hydrogen) atoms. The van der Waals surface area contributed by atoms with E-state index in [9.17, 15) is 0 Å². The van der Waals surface area contributed by atoms with Crippen LogP contribution >= 0.6 is 0 Å². The van der Waals surface area contributed by atoms with Crippen LogP contribution in [-0.2, 0) is 6.54 Å². The third kappa shape index (κ3) is 3.63. The van der Waals surface area contributed by atoms with Gasteiger partial charge >= 0.3 is 0 Å². The Balaban J connectivity index is 2.15. The van der Waals surface area contributed by atoms with Gasteiger partial charge in [-0.25, -0.2) is 0 Å². The van der Waals surface area contributed by atoms with E-state index in [1.54, 1.807) is 6.26 Å². The van der Waals surface area contributed by atoms with Crippen molar-refractivity contribution >= 4 is 0 Å². The maximum absolute atomic E-state index is 8.78. The van der Waals surface area contributed by atoms with Gasteiger partial charge in [0.1, 0.15) is 5.76 Å². The molecule has 0 radical (unpaired) electrons. The van der Waals surface area contributed by atoms with Crippen LogP contribution in [0.2, 0.25) is 0 Å². The van der Waals surface area contributed by atoms with Gasteiger partial charge in [-0.3, -0.25) is 0 Å². The molecule has 3 nitrogen and oxygen atoms in total. The molecule has 0 spiro atoms. The predicted molar refractivity (Wildman–Crippen MR) is 54.4 cm³/mol. The van der Waals surface area contributed by atoms with Crippen LogP contribution in [0.1, 0.15) is 26.0 Å². The molecule has 0 amide bonds. The Morgan fingerprint density at radius 3 is 2.93 bits per heavy atom. The second-order valence-corrected chi connectivity index (χ2v) is 4.00. The van der Waals surface area contributed by atoms with Gasteiger partial charge in [0.15, 0.2) is 0 Å². The van der Waals surface area contributed by atoms with E-state index in [1.807, 2.05) is 26.0 Å². The minimum atomic E-state index is -0.240. The highest BCUT2D eigenvalue weighted by molar-refractivity contribution is 4.97. The lowest BCUT2D eigenvalue weighted by atomic mass is 9.91. The molecule has 0 unspecified atom stereocenters. The molecule has 1 aromatic rings. The summed E-state index contributed by atoms with van der Waals surface area (Å²) in [5.41, 5.74) is -0.240. The Morgan fingerprint density at radius 1 is 1.57 bits per heavy atom. The van der Waals surface area contributed by atoms with Crippen LogP contribution in [0.15, 0.2) is 22.8 Å². The Kier molecular flexibility index (Phi) is 3.73. The minimum Gasteiger partial charge on any atom is -0.468 e. The average Bonchev–Trinajstić information content (AvgIpc) is 2.65. The van der Waals surface area contributed by atoms with Crippen molar-refractivity contribution in [2.75, 3.05) is 6.54 Å². The summed E-state index contributed by atoms with van der Waals surface area (Å²) in [6, 6.07) is 6.08. The molecule has 0 saturated heterocycles. The zero-order valence-corrected chi connectivity index (χ0v) is 8.71. The van der Waals surface area contributed by atoms with Crippen molar-refractivity contribution in [3.05, 3.63) is 24.2 Å². The number of nitriles is 1. The number of nitrogens with zero attached hydrogens (tertiary/aromatic N) is 1. The Hall–Kier alpha value is -1.27. The lowest BCUT2D eigenvalue weighted by molar-refractivity contribution is 0.417. The molecule has 0 aliphatic carbocycles. The predicted octanol–water partition coefficient (Wildman–Crippen LogP) is 2.31. The SMILES string of the molecule is CC(C)(C#N)CCNCc1ccco1. The standard InChI is InChI=1S/C11H16N2O/c1-11(2,9-12)5-6-13-8-10-4-3-7-14-10/h3-4,7,13H,5-6,8H2,1-2H3. The highest BCUT2D eigenvalue weighted by Gasteiger charge is 2.15. The summed E-state index contributed by atoms with van der Waals surface area (Å²) in [5, 5.41) is 12.0. The maximum Gasteiger partial charge on any atom is 0.117 e. The quantitative estimate of drug-likeness (QED) is 0.728. The van der Waals surface area contributed by atoms with Crippen molar-refractivity contribution in [1.82, 2.24) is 5.32 Å². The molecule has 0 aromatic carbocycles. The minimum absolute atomic E-state index is 0.240. The molecule has 1 N–H and O–H groups in total. The van der Waals surface area contributed by atoms with E-state index in [2.05, 4.69) is 11.4 Å².